The minimum absolute atomic E-state index is 0.175. The minimum atomic E-state index is -0.734. The van der Waals surface area contributed by atoms with Crippen LogP contribution in [0.3, 0.4) is 0 Å². The first kappa shape index (κ1) is 16.1. The second-order valence-corrected chi connectivity index (χ2v) is 7.44. The molecular formula is C19H23N3O3. The third kappa shape index (κ3) is 2.79. The molecule has 6 heteroatoms. The summed E-state index contributed by atoms with van der Waals surface area (Å²) in [5, 5.41) is 5.81. The van der Waals surface area contributed by atoms with Gasteiger partial charge in [0.1, 0.15) is 12.1 Å². The molecule has 2 saturated carbocycles. The summed E-state index contributed by atoms with van der Waals surface area (Å²) >= 11 is 0. The molecule has 1 aromatic carbocycles. The van der Waals surface area contributed by atoms with E-state index in [0.29, 0.717) is 0 Å². The lowest BCUT2D eigenvalue weighted by Crippen LogP contribution is -2.51. The Balaban J connectivity index is 1.43. The van der Waals surface area contributed by atoms with Gasteiger partial charge in [-0.05, 0) is 50.0 Å². The second kappa shape index (κ2) is 5.86. The van der Waals surface area contributed by atoms with Crippen molar-refractivity contribution in [3.8, 4) is 0 Å². The van der Waals surface area contributed by atoms with Crippen LogP contribution in [0.4, 0.5) is 4.79 Å². The van der Waals surface area contributed by atoms with Crippen LogP contribution in [0, 0.1) is 11.8 Å². The Morgan fingerprint density at radius 2 is 1.80 bits per heavy atom. The van der Waals surface area contributed by atoms with E-state index in [1.807, 2.05) is 37.3 Å². The smallest absolute Gasteiger partial charge is 0.325 e. The number of hydrogen-bond acceptors (Lipinski definition) is 3. The monoisotopic (exact) mass is 341 g/mol. The first-order valence-electron chi connectivity index (χ1n) is 9.01. The zero-order valence-corrected chi connectivity index (χ0v) is 14.3. The molecule has 132 valence electrons. The van der Waals surface area contributed by atoms with Crippen LogP contribution in [0.2, 0.25) is 0 Å². The molecule has 2 aliphatic carbocycles. The minimum Gasteiger partial charge on any atom is -0.348 e. The molecule has 25 heavy (non-hydrogen) atoms. The van der Waals surface area contributed by atoms with Crippen LogP contribution < -0.4 is 10.6 Å². The van der Waals surface area contributed by atoms with Crippen LogP contribution in [0.1, 0.15) is 44.2 Å². The highest BCUT2D eigenvalue weighted by Crippen LogP contribution is 2.54. The van der Waals surface area contributed by atoms with E-state index in [9.17, 15) is 14.4 Å². The van der Waals surface area contributed by atoms with Crippen LogP contribution in [0.15, 0.2) is 30.3 Å². The van der Waals surface area contributed by atoms with Crippen LogP contribution in [-0.4, -0.2) is 34.8 Å². The molecule has 0 radical (unpaired) electrons. The summed E-state index contributed by atoms with van der Waals surface area (Å²) in [6, 6.07) is 9.01. The van der Waals surface area contributed by atoms with Gasteiger partial charge in [0.25, 0.3) is 5.91 Å². The molecule has 1 aliphatic heterocycles. The number of benzene rings is 1. The van der Waals surface area contributed by atoms with Crippen molar-refractivity contribution in [2.45, 2.75) is 44.2 Å². The average Bonchev–Trinajstić information content (AvgIpc) is 3.49. The third-order valence-corrected chi connectivity index (χ3v) is 5.58. The molecule has 1 atom stereocenters. The number of urea groups is 1. The molecule has 2 N–H and O–H groups in total. The first-order chi connectivity index (χ1) is 12.0. The zero-order chi connectivity index (χ0) is 17.6. The molecule has 0 spiro atoms. The number of amides is 4. The van der Waals surface area contributed by atoms with Crippen molar-refractivity contribution >= 4 is 17.8 Å². The van der Waals surface area contributed by atoms with Gasteiger partial charge < -0.3 is 10.6 Å². The van der Waals surface area contributed by atoms with E-state index in [2.05, 4.69) is 10.6 Å². The topological polar surface area (TPSA) is 78.5 Å². The van der Waals surface area contributed by atoms with Gasteiger partial charge in [-0.25, -0.2) is 4.79 Å². The fraction of sp³-hybridized carbons (Fsp3) is 0.526. The predicted octanol–water partition coefficient (Wildman–Crippen LogP) is 1.97. The van der Waals surface area contributed by atoms with Gasteiger partial charge in [-0.2, -0.15) is 0 Å². The summed E-state index contributed by atoms with van der Waals surface area (Å²) in [5.74, 6) is -0.0345. The molecule has 4 amide bonds. The Kier molecular flexibility index (Phi) is 3.78. The fourth-order valence-corrected chi connectivity index (χ4v) is 3.98. The molecule has 1 saturated heterocycles. The predicted molar refractivity (Wildman–Crippen MR) is 91.4 cm³/mol. The Hall–Kier alpha value is -2.37. The molecule has 6 nitrogen and oxygen atoms in total. The number of carbonyl (C=O) groups excluding carboxylic acids is 3. The van der Waals surface area contributed by atoms with Crippen LogP contribution >= 0.6 is 0 Å². The van der Waals surface area contributed by atoms with Crippen molar-refractivity contribution in [3.63, 3.8) is 0 Å². The van der Waals surface area contributed by atoms with Gasteiger partial charge in [0.05, 0.1) is 6.04 Å². The fourth-order valence-electron chi connectivity index (χ4n) is 3.98. The second-order valence-electron chi connectivity index (χ2n) is 7.44. The van der Waals surface area contributed by atoms with Gasteiger partial charge in [0.2, 0.25) is 5.91 Å². The van der Waals surface area contributed by atoms with E-state index < -0.39 is 11.6 Å². The number of nitrogens with zero attached hydrogens (tertiary/aromatic N) is 1. The van der Waals surface area contributed by atoms with Crippen LogP contribution in [0.5, 0.6) is 0 Å². The SMILES string of the molecule is C[C@@H](NC(=O)CN1C(=O)NC(C2CC2)(C2CC2)C1=O)c1ccccc1. The van der Waals surface area contributed by atoms with E-state index in [1.165, 1.54) is 0 Å². The summed E-state index contributed by atoms with van der Waals surface area (Å²) in [5.41, 5.74) is 0.251. The molecule has 1 heterocycles. The van der Waals surface area contributed by atoms with Crippen LogP contribution in [0.25, 0.3) is 0 Å². The molecule has 1 aromatic rings. The average molecular weight is 341 g/mol. The number of hydrogen-bond donors (Lipinski definition) is 2. The largest absolute Gasteiger partial charge is 0.348 e. The van der Waals surface area contributed by atoms with E-state index in [-0.39, 0.29) is 36.2 Å². The van der Waals surface area contributed by atoms with Crippen LogP contribution in [-0.2, 0) is 9.59 Å². The number of imide groups is 1. The summed E-state index contributed by atoms with van der Waals surface area (Å²) in [6.45, 7) is 1.67. The number of nitrogens with one attached hydrogen (secondary N) is 2. The Labute approximate surface area is 147 Å². The quantitative estimate of drug-likeness (QED) is 0.777. The Bertz CT molecular complexity index is 698. The number of carbonyl (C=O) groups is 3. The molecule has 0 unspecified atom stereocenters. The zero-order valence-electron chi connectivity index (χ0n) is 14.3. The molecular weight excluding hydrogens is 318 g/mol. The highest BCUT2D eigenvalue weighted by molar-refractivity contribution is 6.09. The van der Waals surface area contributed by atoms with Gasteiger partial charge in [-0.3, -0.25) is 14.5 Å². The van der Waals surface area contributed by atoms with E-state index >= 15 is 0 Å². The van der Waals surface area contributed by atoms with E-state index in [1.54, 1.807) is 0 Å². The maximum Gasteiger partial charge on any atom is 0.325 e. The summed E-state index contributed by atoms with van der Waals surface area (Å²) in [7, 11) is 0. The lowest BCUT2D eigenvalue weighted by molar-refractivity contribution is -0.136. The van der Waals surface area contributed by atoms with E-state index in [0.717, 1.165) is 36.1 Å². The van der Waals surface area contributed by atoms with Gasteiger partial charge in [0, 0.05) is 0 Å². The standard InChI is InChI=1S/C19H23N3O3/c1-12(13-5-3-2-4-6-13)20-16(23)11-22-17(24)19(14-7-8-14,15-9-10-15)21-18(22)25/h2-6,12,14-15H,7-11H2,1H3,(H,20,23)(H,21,25)/t12-/m1/s1. The van der Waals surface area contributed by atoms with Crippen molar-refractivity contribution in [2.75, 3.05) is 6.54 Å². The normalized spacial score (nSPS) is 23.3. The third-order valence-electron chi connectivity index (χ3n) is 5.58. The molecule has 0 bridgehead atoms. The highest BCUT2D eigenvalue weighted by atomic mass is 16.2. The van der Waals surface area contributed by atoms with Crippen molar-refractivity contribution in [2.24, 2.45) is 11.8 Å². The maximum absolute atomic E-state index is 13.0. The van der Waals surface area contributed by atoms with Crippen molar-refractivity contribution in [1.82, 2.24) is 15.5 Å². The maximum atomic E-state index is 13.0. The lowest BCUT2D eigenvalue weighted by atomic mass is 9.87. The summed E-state index contributed by atoms with van der Waals surface area (Å²) < 4.78 is 0. The lowest BCUT2D eigenvalue weighted by Gasteiger charge is -2.26. The highest BCUT2D eigenvalue weighted by Gasteiger charge is 2.65. The molecule has 3 fully saturated rings. The summed E-state index contributed by atoms with van der Waals surface area (Å²) in [6.07, 6.45) is 3.92. The van der Waals surface area contributed by atoms with E-state index in [4.69, 9.17) is 0 Å². The van der Waals surface area contributed by atoms with Crippen molar-refractivity contribution in [1.29, 1.82) is 0 Å². The van der Waals surface area contributed by atoms with Gasteiger partial charge in [-0.15, -0.1) is 0 Å². The Morgan fingerprint density at radius 1 is 1.20 bits per heavy atom. The van der Waals surface area contributed by atoms with Gasteiger partial charge in [-0.1, -0.05) is 30.3 Å². The van der Waals surface area contributed by atoms with Crippen molar-refractivity contribution in [3.05, 3.63) is 35.9 Å². The van der Waals surface area contributed by atoms with Crippen molar-refractivity contribution < 1.29 is 14.4 Å². The number of rotatable bonds is 6. The molecule has 3 aliphatic rings. The molecule has 0 aromatic heterocycles. The molecule has 4 rings (SSSR count). The van der Waals surface area contributed by atoms with Gasteiger partial charge >= 0.3 is 6.03 Å². The van der Waals surface area contributed by atoms with Gasteiger partial charge in [0.15, 0.2) is 0 Å². The Morgan fingerprint density at radius 3 is 2.36 bits per heavy atom. The first-order valence-corrected chi connectivity index (χ1v) is 9.01. The summed E-state index contributed by atoms with van der Waals surface area (Å²) in [4.78, 5) is 38.8.